The van der Waals surface area contributed by atoms with Crippen LogP contribution >= 0.6 is 0 Å². The predicted molar refractivity (Wildman–Crippen MR) is 59.4 cm³/mol. The minimum absolute atomic E-state index is 0.189. The predicted octanol–water partition coefficient (Wildman–Crippen LogP) is 0.596. The number of nitrogens with one attached hydrogen (secondary N) is 1. The van der Waals surface area contributed by atoms with Crippen LogP contribution in [0.3, 0.4) is 0 Å². The number of carbonyl (C=O) groups is 1. The Kier molecular flexibility index (Phi) is 4.01. The molecular weight excluding hydrogens is 208 g/mol. The zero-order chi connectivity index (χ0) is 11.4. The van der Waals surface area contributed by atoms with Gasteiger partial charge in [-0.25, -0.2) is 4.79 Å². The number of nitrogens with zero attached hydrogens (tertiary/aromatic N) is 1. The van der Waals surface area contributed by atoms with E-state index < -0.39 is 0 Å². The molecule has 0 aromatic carbocycles. The molecule has 2 fully saturated rings. The van der Waals surface area contributed by atoms with E-state index in [9.17, 15) is 4.79 Å². The second kappa shape index (κ2) is 5.50. The van der Waals surface area contributed by atoms with Crippen LogP contribution in [-0.4, -0.2) is 56.0 Å². The smallest absolute Gasteiger partial charge is 0.409 e. The quantitative estimate of drug-likeness (QED) is 0.768. The highest BCUT2D eigenvalue weighted by atomic mass is 16.6. The topological polar surface area (TPSA) is 50.8 Å². The lowest BCUT2D eigenvalue weighted by Crippen LogP contribution is -2.51. The van der Waals surface area contributed by atoms with E-state index in [-0.39, 0.29) is 6.09 Å². The van der Waals surface area contributed by atoms with Crippen LogP contribution in [0.4, 0.5) is 4.79 Å². The number of carbonyl (C=O) groups excluding carboxylic acids is 1. The van der Waals surface area contributed by atoms with Crippen molar-refractivity contribution in [1.29, 1.82) is 0 Å². The molecule has 92 valence electrons. The molecule has 0 aliphatic carbocycles. The molecule has 1 N–H and O–H groups in total. The number of piperidine rings is 1. The van der Waals surface area contributed by atoms with Crippen LogP contribution in [0.1, 0.15) is 19.8 Å². The zero-order valence-electron chi connectivity index (χ0n) is 9.78. The van der Waals surface area contributed by atoms with Gasteiger partial charge in [-0.2, -0.15) is 0 Å². The summed E-state index contributed by atoms with van der Waals surface area (Å²) in [5.41, 5.74) is 0. The second-order valence-corrected chi connectivity index (χ2v) is 4.30. The van der Waals surface area contributed by atoms with E-state index in [1.165, 1.54) is 0 Å². The Balaban J connectivity index is 1.67. The Morgan fingerprint density at radius 2 is 2.00 bits per heavy atom. The number of ether oxygens (including phenoxy) is 2. The molecule has 0 aromatic heterocycles. The van der Waals surface area contributed by atoms with Gasteiger partial charge in [0, 0.05) is 26.2 Å². The number of hydrogen-bond donors (Lipinski definition) is 1. The largest absolute Gasteiger partial charge is 0.450 e. The molecule has 2 heterocycles. The molecule has 0 atom stereocenters. The fraction of sp³-hybridized carbons (Fsp3) is 0.909. The van der Waals surface area contributed by atoms with E-state index in [4.69, 9.17) is 9.47 Å². The molecule has 2 aliphatic rings. The van der Waals surface area contributed by atoms with Crippen LogP contribution in [0.2, 0.25) is 0 Å². The Morgan fingerprint density at radius 1 is 1.31 bits per heavy atom. The van der Waals surface area contributed by atoms with Crippen LogP contribution in [-0.2, 0) is 9.47 Å². The van der Waals surface area contributed by atoms with Crippen LogP contribution in [0.5, 0.6) is 0 Å². The molecule has 0 radical (unpaired) electrons. The zero-order valence-corrected chi connectivity index (χ0v) is 9.78. The lowest BCUT2D eigenvalue weighted by Gasteiger charge is -2.36. The highest BCUT2D eigenvalue weighted by molar-refractivity contribution is 5.67. The third kappa shape index (κ3) is 2.86. The summed E-state index contributed by atoms with van der Waals surface area (Å²) in [5.74, 6) is 0. The standard InChI is InChI=1S/C11H20N2O3/c1-2-15-11(14)13-5-3-9(4-6-13)16-10-7-12-8-10/h9-10,12H,2-8H2,1H3. The molecule has 0 aromatic rings. The lowest BCUT2D eigenvalue weighted by atomic mass is 10.1. The van der Waals surface area contributed by atoms with Gasteiger partial charge < -0.3 is 19.7 Å². The third-order valence-electron chi connectivity index (χ3n) is 3.10. The molecule has 5 heteroatoms. The Hall–Kier alpha value is -0.810. The van der Waals surface area contributed by atoms with Crippen molar-refractivity contribution in [1.82, 2.24) is 10.2 Å². The summed E-state index contributed by atoms with van der Waals surface area (Å²) in [4.78, 5) is 13.2. The van der Waals surface area contributed by atoms with Crippen LogP contribution in [0.15, 0.2) is 0 Å². The van der Waals surface area contributed by atoms with Crippen LogP contribution < -0.4 is 5.32 Å². The molecular formula is C11H20N2O3. The normalized spacial score (nSPS) is 22.9. The molecule has 0 spiro atoms. The Bertz CT molecular complexity index is 235. The van der Waals surface area contributed by atoms with Crippen molar-refractivity contribution in [3.8, 4) is 0 Å². The minimum Gasteiger partial charge on any atom is -0.450 e. The SMILES string of the molecule is CCOC(=O)N1CCC(OC2CNC2)CC1. The highest BCUT2D eigenvalue weighted by Crippen LogP contribution is 2.17. The second-order valence-electron chi connectivity index (χ2n) is 4.30. The van der Waals surface area contributed by atoms with E-state index in [2.05, 4.69) is 5.32 Å². The van der Waals surface area contributed by atoms with Crippen molar-refractivity contribution in [2.75, 3.05) is 32.8 Å². The van der Waals surface area contributed by atoms with Gasteiger partial charge >= 0.3 is 6.09 Å². The lowest BCUT2D eigenvalue weighted by molar-refractivity contribution is -0.0604. The molecule has 1 amide bonds. The summed E-state index contributed by atoms with van der Waals surface area (Å²) in [7, 11) is 0. The van der Waals surface area contributed by atoms with Gasteiger partial charge in [0.05, 0.1) is 18.8 Å². The molecule has 0 unspecified atom stereocenters. The van der Waals surface area contributed by atoms with E-state index in [1.54, 1.807) is 4.90 Å². The Labute approximate surface area is 96.1 Å². The maximum absolute atomic E-state index is 11.4. The van der Waals surface area contributed by atoms with Crippen molar-refractivity contribution in [2.45, 2.75) is 32.0 Å². The average Bonchev–Trinajstić information content (AvgIpc) is 2.25. The summed E-state index contributed by atoms with van der Waals surface area (Å²) in [6, 6.07) is 0. The summed E-state index contributed by atoms with van der Waals surface area (Å²) >= 11 is 0. The first-order chi connectivity index (χ1) is 7.79. The summed E-state index contributed by atoms with van der Waals surface area (Å²) in [5, 5.41) is 3.19. The molecule has 2 aliphatic heterocycles. The van der Waals surface area contributed by atoms with Gasteiger partial charge in [-0.3, -0.25) is 0 Å². The van der Waals surface area contributed by atoms with Gasteiger partial charge in [-0.15, -0.1) is 0 Å². The third-order valence-corrected chi connectivity index (χ3v) is 3.10. The number of rotatable bonds is 3. The van der Waals surface area contributed by atoms with Crippen molar-refractivity contribution >= 4 is 6.09 Å². The van der Waals surface area contributed by atoms with Gasteiger partial charge in [0.15, 0.2) is 0 Å². The Morgan fingerprint density at radius 3 is 2.50 bits per heavy atom. The highest BCUT2D eigenvalue weighted by Gasteiger charge is 2.27. The van der Waals surface area contributed by atoms with Crippen LogP contribution in [0.25, 0.3) is 0 Å². The maximum Gasteiger partial charge on any atom is 0.409 e. The molecule has 0 bridgehead atoms. The first kappa shape index (κ1) is 11.7. The van der Waals surface area contributed by atoms with Crippen molar-refractivity contribution < 1.29 is 14.3 Å². The molecule has 5 nitrogen and oxygen atoms in total. The number of likely N-dealkylation sites (tertiary alicyclic amines) is 1. The van der Waals surface area contributed by atoms with Crippen LogP contribution in [0, 0.1) is 0 Å². The van der Waals surface area contributed by atoms with E-state index in [0.717, 1.165) is 39.0 Å². The monoisotopic (exact) mass is 228 g/mol. The molecule has 2 rings (SSSR count). The van der Waals surface area contributed by atoms with Gasteiger partial charge in [-0.1, -0.05) is 0 Å². The maximum atomic E-state index is 11.4. The molecule has 16 heavy (non-hydrogen) atoms. The summed E-state index contributed by atoms with van der Waals surface area (Å²) < 4.78 is 10.8. The molecule has 0 saturated carbocycles. The fourth-order valence-electron chi connectivity index (χ4n) is 2.02. The van der Waals surface area contributed by atoms with Crippen molar-refractivity contribution in [3.63, 3.8) is 0 Å². The summed E-state index contributed by atoms with van der Waals surface area (Å²) in [6.45, 7) is 5.73. The van der Waals surface area contributed by atoms with E-state index >= 15 is 0 Å². The van der Waals surface area contributed by atoms with Gasteiger partial charge in [0.2, 0.25) is 0 Å². The minimum atomic E-state index is -0.189. The number of amides is 1. The first-order valence-electron chi connectivity index (χ1n) is 6.07. The van der Waals surface area contributed by atoms with Gasteiger partial charge in [0.1, 0.15) is 0 Å². The average molecular weight is 228 g/mol. The number of hydrogen-bond acceptors (Lipinski definition) is 4. The summed E-state index contributed by atoms with van der Waals surface area (Å²) in [6.07, 6.45) is 2.37. The van der Waals surface area contributed by atoms with E-state index in [0.29, 0.717) is 18.8 Å². The fourth-order valence-corrected chi connectivity index (χ4v) is 2.02. The van der Waals surface area contributed by atoms with Gasteiger partial charge in [-0.05, 0) is 19.8 Å². The van der Waals surface area contributed by atoms with Gasteiger partial charge in [0.25, 0.3) is 0 Å². The first-order valence-corrected chi connectivity index (χ1v) is 6.07. The van der Waals surface area contributed by atoms with Crippen molar-refractivity contribution in [2.24, 2.45) is 0 Å². The van der Waals surface area contributed by atoms with Crippen molar-refractivity contribution in [3.05, 3.63) is 0 Å². The molecule has 2 saturated heterocycles. The van der Waals surface area contributed by atoms with E-state index in [1.807, 2.05) is 6.92 Å².